The Bertz CT molecular complexity index is 1230. The Labute approximate surface area is 193 Å². The highest BCUT2D eigenvalue weighted by Gasteiger charge is 2.20. The molecule has 0 N–H and O–H groups in total. The average Bonchev–Trinajstić information content (AvgIpc) is 3.49. The average molecular weight is 468 g/mol. The number of morpholine rings is 1. The lowest BCUT2D eigenvalue weighted by molar-refractivity contribution is 0.0330. The molecule has 0 saturated carbocycles. The van der Waals surface area contributed by atoms with Crippen molar-refractivity contribution in [2.24, 2.45) is 0 Å². The summed E-state index contributed by atoms with van der Waals surface area (Å²) < 4.78 is 16.6. The van der Waals surface area contributed by atoms with Crippen molar-refractivity contribution in [2.75, 3.05) is 33.4 Å². The predicted molar refractivity (Wildman–Crippen MR) is 125 cm³/mol. The molecular formula is C23H21N3O4S2. The van der Waals surface area contributed by atoms with Crippen LogP contribution in [0.5, 0.6) is 11.6 Å². The Morgan fingerprint density at radius 1 is 1.16 bits per heavy atom. The maximum Gasteiger partial charge on any atom is 0.337 e. The van der Waals surface area contributed by atoms with E-state index in [0.717, 1.165) is 33.7 Å². The molecule has 0 amide bonds. The monoisotopic (exact) mass is 467 g/mol. The van der Waals surface area contributed by atoms with Crippen LogP contribution in [0.3, 0.4) is 0 Å². The van der Waals surface area contributed by atoms with E-state index < -0.39 is 5.97 Å². The van der Waals surface area contributed by atoms with Gasteiger partial charge in [0.25, 0.3) is 0 Å². The van der Waals surface area contributed by atoms with E-state index in [-0.39, 0.29) is 0 Å². The SMILES string of the molecule is COC(=O)c1cccc(Oc2nc(CN3CCOCC3)nc3scc(-c4cccs4)c23)c1. The number of esters is 1. The van der Waals surface area contributed by atoms with Crippen molar-refractivity contribution in [2.45, 2.75) is 6.54 Å². The molecule has 1 saturated heterocycles. The minimum atomic E-state index is -0.411. The molecule has 1 aliphatic rings. The van der Waals surface area contributed by atoms with Gasteiger partial charge in [0.15, 0.2) is 0 Å². The van der Waals surface area contributed by atoms with Crippen LogP contribution in [0.25, 0.3) is 20.7 Å². The van der Waals surface area contributed by atoms with E-state index >= 15 is 0 Å². The number of fused-ring (bicyclic) bond motifs is 1. The summed E-state index contributed by atoms with van der Waals surface area (Å²) in [6, 6.07) is 11.0. The number of hydrogen-bond acceptors (Lipinski definition) is 9. The van der Waals surface area contributed by atoms with E-state index in [1.54, 1.807) is 46.9 Å². The molecule has 4 aromatic rings. The molecular weight excluding hydrogens is 446 g/mol. The molecule has 0 radical (unpaired) electrons. The normalized spacial score (nSPS) is 14.5. The lowest BCUT2D eigenvalue weighted by atomic mass is 10.2. The summed E-state index contributed by atoms with van der Waals surface area (Å²) in [7, 11) is 1.36. The van der Waals surface area contributed by atoms with Gasteiger partial charge < -0.3 is 14.2 Å². The molecule has 5 rings (SSSR count). The van der Waals surface area contributed by atoms with Crippen molar-refractivity contribution in [3.05, 3.63) is 58.5 Å². The van der Waals surface area contributed by atoms with Gasteiger partial charge in [0.05, 0.1) is 37.8 Å². The van der Waals surface area contributed by atoms with Crippen molar-refractivity contribution >= 4 is 38.9 Å². The molecule has 1 fully saturated rings. The standard InChI is InChI=1S/C23H21N3O4S2/c1-28-23(27)15-4-2-5-16(12-15)30-21-20-17(18-6-3-11-31-18)14-32-22(20)25-19(24-21)13-26-7-9-29-10-8-26/h2-6,11-12,14H,7-10,13H2,1H3. The molecule has 0 spiro atoms. The molecule has 0 bridgehead atoms. The summed E-state index contributed by atoms with van der Waals surface area (Å²) in [5.41, 5.74) is 1.48. The third kappa shape index (κ3) is 4.37. The molecule has 9 heteroatoms. The molecule has 4 heterocycles. The third-order valence-electron chi connectivity index (χ3n) is 5.17. The van der Waals surface area contributed by atoms with Crippen LogP contribution >= 0.6 is 22.7 Å². The number of carbonyl (C=O) groups is 1. The smallest absolute Gasteiger partial charge is 0.337 e. The summed E-state index contributed by atoms with van der Waals surface area (Å²) in [6.07, 6.45) is 0. The summed E-state index contributed by atoms with van der Waals surface area (Å²) >= 11 is 3.25. The number of aromatic nitrogens is 2. The van der Waals surface area contributed by atoms with Crippen LogP contribution in [0.4, 0.5) is 0 Å². The second kappa shape index (κ2) is 9.33. The van der Waals surface area contributed by atoms with Gasteiger partial charge in [-0.25, -0.2) is 9.78 Å². The molecule has 7 nitrogen and oxygen atoms in total. The highest BCUT2D eigenvalue weighted by atomic mass is 32.1. The van der Waals surface area contributed by atoms with Gasteiger partial charge in [0.2, 0.25) is 5.88 Å². The molecule has 164 valence electrons. The van der Waals surface area contributed by atoms with Gasteiger partial charge in [-0.3, -0.25) is 4.90 Å². The van der Waals surface area contributed by atoms with Crippen LogP contribution in [-0.2, 0) is 16.0 Å². The number of nitrogens with zero attached hydrogens (tertiary/aromatic N) is 3. The topological polar surface area (TPSA) is 73.8 Å². The van der Waals surface area contributed by atoms with E-state index in [0.29, 0.717) is 42.8 Å². The van der Waals surface area contributed by atoms with Crippen LogP contribution in [0.1, 0.15) is 16.2 Å². The maximum absolute atomic E-state index is 12.0. The second-order valence-electron chi connectivity index (χ2n) is 7.26. The molecule has 0 aliphatic carbocycles. The van der Waals surface area contributed by atoms with Crippen LogP contribution in [0, 0.1) is 0 Å². The Balaban J connectivity index is 1.56. The summed E-state index contributed by atoms with van der Waals surface area (Å²) in [6.45, 7) is 3.76. The van der Waals surface area contributed by atoms with Crippen molar-refractivity contribution < 1.29 is 19.0 Å². The zero-order valence-corrected chi connectivity index (χ0v) is 19.1. The van der Waals surface area contributed by atoms with Crippen LogP contribution < -0.4 is 4.74 Å². The van der Waals surface area contributed by atoms with Crippen LogP contribution in [-0.4, -0.2) is 54.3 Å². The summed E-state index contributed by atoms with van der Waals surface area (Å²) in [4.78, 5) is 25.9. The van der Waals surface area contributed by atoms with Gasteiger partial charge in [-0.15, -0.1) is 22.7 Å². The first kappa shape index (κ1) is 21.0. The minimum Gasteiger partial charge on any atom is -0.465 e. The van der Waals surface area contributed by atoms with E-state index in [9.17, 15) is 4.79 Å². The number of rotatable bonds is 6. The fraction of sp³-hybridized carbons (Fsp3) is 0.261. The fourth-order valence-corrected chi connectivity index (χ4v) is 5.36. The molecule has 1 aromatic carbocycles. The van der Waals surface area contributed by atoms with Crippen molar-refractivity contribution in [1.82, 2.24) is 14.9 Å². The number of benzene rings is 1. The number of hydrogen-bond donors (Lipinski definition) is 0. The van der Waals surface area contributed by atoms with Gasteiger partial charge in [-0.05, 0) is 29.6 Å². The van der Waals surface area contributed by atoms with Gasteiger partial charge in [0.1, 0.15) is 16.4 Å². The zero-order valence-electron chi connectivity index (χ0n) is 17.4. The molecule has 1 aliphatic heterocycles. The van der Waals surface area contributed by atoms with E-state index in [1.165, 1.54) is 7.11 Å². The quantitative estimate of drug-likeness (QED) is 0.376. The highest BCUT2D eigenvalue weighted by Crippen LogP contribution is 2.41. The number of thiophene rings is 2. The molecule has 3 aromatic heterocycles. The Hall–Kier alpha value is -2.85. The lowest BCUT2D eigenvalue weighted by Crippen LogP contribution is -2.36. The van der Waals surface area contributed by atoms with E-state index in [4.69, 9.17) is 24.2 Å². The lowest BCUT2D eigenvalue weighted by Gasteiger charge is -2.25. The largest absolute Gasteiger partial charge is 0.465 e. The number of carbonyl (C=O) groups excluding carboxylic acids is 1. The van der Waals surface area contributed by atoms with Gasteiger partial charge in [0, 0.05) is 28.9 Å². The fourth-order valence-electron chi connectivity index (χ4n) is 3.59. The van der Waals surface area contributed by atoms with Crippen LogP contribution in [0.15, 0.2) is 47.2 Å². The minimum absolute atomic E-state index is 0.411. The molecule has 32 heavy (non-hydrogen) atoms. The van der Waals surface area contributed by atoms with Crippen molar-refractivity contribution in [1.29, 1.82) is 0 Å². The van der Waals surface area contributed by atoms with Gasteiger partial charge in [-0.2, -0.15) is 4.98 Å². The Morgan fingerprint density at radius 3 is 2.81 bits per heavy atom. The summed E-state index contributed by atoms with van der Waals surface area (Å²) in [5, 5.41) is 5.03. The zero-order chi connectivity index (χ0) is 21.9. The van der Waals surface area contributed by atoms with Crippen LogP contribution in [0.2, 0.25) is 0 Å². The predicted octanol–water partition coefficient (Wildman–Crippen LogP) is 4.83. The van der Waals surface area contributed by atoms with E-state index in [2.05, 4.69) is 16.3 Å². The number of methoxy groups -OCH3 is 1. The molecule has 0 unspecified atom stereocenters. The Kier molecular flexibility index (Phi) is 6.13. The van der Waals surface area contributed by atoms with E-state index in [1.807, 2.05) is 11.4 Å². The van der Waals surface area contributed by atoms with Crippen molar-refractivity contribution in [3.8, 4) is 22.1 Å². The number of ether oxygens (including phenoxy) is 3. The first-order valence-electron chi connectivity index (χ1n) is 10.2. The first-order valence-corrected chi connectivity index (χ1v) is 12.0. The molecule has 0 atom stereocenters. The highest BCUT2D eigenvalue weighted by molar-refractivity contribution is 7.18. The van der Waals surface area contributed by atoms with Gasteiger partial charge in [-0.1, -0.05) is 12.1 Å². The third-order valence-corrected chi connectivity index (χ3v) is 6.95. The summed E-state index contributed by atoms with van der Waals surface area (Å²) in [5.74, 6) is 1.31. The van der Waals surface area contributed by atoms with Gasteiger partial charge >= 0.3 is 5.97 Å². The second-order valence-corrected chi connectivity index (χ2v) is 9.07. The maximum atomic E-state index is 12.0. The first-order chi connectivity index (χ1) is 15.7. The Morgan fingerprint density at radius 2 is 2.03 bits per heavy atom. The van der Waals surface area contributed by atoms with Crippen molar-refractivity contribution in [3.63, 3.8) is 0 Å².